The third-order valence-corrected chi connectivity index (χ3v) is 4.03. The average molecular weight is 312 g/mol. The molecule has 1 aromatic carbocycles. The van der Waals surface area contributed by atoms with Gasteiger partial charge in [0.05, 0.1) is 5.69 Å². The van der Waals surface area contributed by atoms with Gasteiger partial charge < -0.3 is 10.2 Å². The first-order valence-corrected chi connectivity index (χ1v) is 8.23. The Hall–Kier alpha value is -2.14. The molecule has 122 valence electrons. The quantitative estimate of drug-likeness (QED) is 0.799. The van der Waals surface area contributed by atoms with E-state index in [1.807, 2.05) is 55.2 Å². The highest BCUT2D eigenvalue weighted by atomic mass is 16.1. The summed E-state index contributed by atoms with van der Waals surface area (Å²) < 4.78 is 1.92. The van der Waals surface area contributed by atoms with E-state index in [0.717, 1.165) is 24.3 Å². The average Bonchev–Trinajstić information content (AvgIpc) is 3.30. The van der Waals surface area contributed by atoms with Gasteiger partial charge in [-0.3, -0.25) is 4.79 Å². The highest BCUT2D eigenvalue weighted by molar-refractivity contribution is 5.92. The molecule has 0 unspecified atom stereocenters. The summed E-state index contributed by atoms with van der Waals surface area (Å²) in [6.45, 7) is 1.64. The maximum atomic E-state index is 12.3. The molecule has 0 saturated heterocycles. The number of carbonyl (C=O) groups is 1. The van der Waals surface area contributed by atoms with Gasteiger partial charge in [-0.15, -0.1) is 0 Å². The molecule has 1 aliphatic carbocycles. The van der Waals surface area contributed by atoms with Gasteiger partial charge in [0.25, 0.3) is 5.91 Å². The Bertz CT molecular complexity index is 659. The van der Waals surface area contributed by atoms with Crippen LogP contribution in [-0.4, -0.2) is 47.8 Å². The van der Waals surface area contributed by atoms with Crippen molar-refractivity contribution in [1.82, 2.24) is 20.0 Å². The summed E-state index contributed by atoms with van der Waals surface area (Å²) >= 11 is 0. The number of rotatable bonds is 7. The van der Waals surface area contributed by atoms with E-state index in [9.17, 15) is 4.79 Å². The minimum atomic E-state index is -0.0830. The number of amides is 1. The molecule has 0 spiro atoms. The van der Waals surface area contributed by atoms with Crippen LogP contribution in [0.15, 0.2) is 36.4 Å². The molecule has 1 aromatic heterocycles. The van der Waals surface area contributed by atoms with Crippen LogP contribution in [0.4, 0.5) is 0 Å². The summed E-state index contributed by atoms with van der Waals surface area (Å²) in [5.74, 6) is 0.457. The first-order chi connectivity index (χ1) is 11.1. The predicted octanol–water partition coefficient (Wildman–Crippen LogP) is 2.43. The second kappa shape index (κ2) is 6.96. The van der Waals surface area contributed by atoms with E-state index >= 15 is 0 Å². The van der Waals surface area contributed by atoms with Crippen molar-refractivity contribution < 1.29 is 4.79 Å². The van der Waals surface area contributed by atoms with Gasteiger partial charge >= 0.3 is 0 Å². The van der Waals surface area contributed by atoms with Gasteiger partial charge in [0, 0.05) is 18.2 Å². The fraction of sp³-hybridized carbons (Fsp3) is 0.444. The number of aromatic nitrogens is 2. The van der Waals surface area contributed by atoms with E-state index in [1.54, 1.807) is 0 Å². The minimum absolute atomic E-state index is 0.0830. The minimum Gasteiger partial charge on any atom is -0.351 e. The second-order valence-electron chi connectivity index (χ2n) is 6.39. The summed E-state index contributed by atoms with van der Waals surface area (Å²) in [5.41, 5.74) is 2.68. The Labute approximate surface area is 137 Å². The smallest absolute Gasteiger partial charge is 0.271 e. The Kier molecular flexibility index (Phi) is 4.76. The van der Waals surface area contributed by atoms with Gasteiger partial charge in [0.15, 0.2) is 5.69 Å². The lowest BCUT2D eigenvalue weighted by atomic mass is 10.2. The highest BCUT2D eigenvalue weighted by Gasteiger charge is 2.29. The third-order valence-electron chi connectivity index (χ3n) is 4.03. The van der Waals surface area contributed by atoms with Crippen molar-refractivity contribution in [2.24, 2.45) is 0 Å². The zero-order valence-corrected chi connectivity index (χ0v) is 13.8. The molecule has 5 heteroatoms. The van der Waals surface area contributed by atoms with Crippen LogP contribution in [0.25, 0.3) is 5.69 Å². The summed E-state index contributed by atoms with van der Waals surface area (Å²) in [6.07, 6.45) is 3.30. The van der Waals surface area contributed by atoms with Crippen molar-refractivity contribution in [3.05, 3.63) is 47.8 Å². The van der Waals surface area contributed by atoms with Gasteiger partial charge in [0.2, 0.25) is 0 Å². The lowest BCUT2D eigenvalue weighted by Gasteiger charge is -2.09. The monoisotopic (exact) mass is 312 g/mol. The van der Waals surface area contributed by atoms with Crippen LogP contribution in [0.1, 0.15) is 41.4 Å². The lowest BCUT2D eigenvalue weighted by Crippen LogP contribution is -2.27. The van der Waals surface area contributed by atoms with Crippen molar-refractivity contribution >= 4 is 5.91 Å². The van der Waals surface area contributed by atoms with Gasteiger partial charge in [-0.25, -0.2) is 4.68 Å². The molecule has 0 atom stereocenters. The standard InChI is InChI=1S/C18H24N4O/c1-21(2)12-6-11-19-18(23)16-13-17(14-9-10-14)22(20-16)15-7-4-3-5-8-15/h3-5,7-8,13-14H,6,9-12H2,1-2H3,(H,19,23). The largest absolute Gasteiger partial charge is 0.351 e. The zero-order chi connectivity index (χ0) is 16.2. The normalized spacial score (nSPS) is 14.2. The maximum Gasteiger partial charge on any atom is 0.271 e. The number of carbonyl (C=O) groups excluding carboxylic acids is 1. The molecule has 0 bridgehead atoms. The van der Waals surface area contributed by atoms with Gasteiger partial charge in [-0.05, 0) is 58.1 Å². The third kappa shape index (κ3) is 3.99. The molecule has 3 rings (SSSR count). The maximum absolute atomic E-state index is 12.3. The van der Waals surface area contributed by atoms with E-state index < -0.39 is 0 Å². The Balaban J connectivity index is 1.72. The highest BCUT2D eigenvalue weighted by Crippen LogP contribution is 2.41. The number of hydrogen-bond acceptors (Lipinski definition) is 3. The van der Waals surface area contributed by atoms with Crippen molar-refractivity contribution in [1.29, 1.82) is 0 Å². The van der Waals surface area contributed by atoms with Crippen LogP contribution in [-0.2, 0) is 0 Å². The van der Waals surface area contributed by atoms with Crippen molar-refractivity contribution in [2.45, 2.75) is 25.2 Å². The molecular formula is C18H24N4O. The van der Waals surface area contributed by atoms with Crippen LogP contribution in [0.3, 0.4) is 0 Å². The first-order valence-electron chi connectivity index (χ1n) is 8.23. The molecular weight excluding hydrogens is 288 g/mol. The van der Waals surface area contributed by atoms with E-state index in [2.05, 4.69) is 15.3 Å². The van der Waals surface area contributed by atoms with E-state index in [4.69, 9.17) is 0 Å². The summed E-state index contributed by atoms with van der Waals surface area (Å²) in [7, 11) is 4.07. The van der Waals surface area contributed by atoms with Crippen LogP contribution in [0.5, 0.6) is 0 Å². The molecule has 2 aromatic rings. The van der Waals surface area contributed by atoms with Crippen LogP contribution in [0, 0.1) is 0 Å². The molecule has 23 heavy (non-hydrogen) atoms. The summed E-state index contributed by atoms with van der Waals surface area (Å²) in [5, 5.41) is 7.51. The molecule has 1 fully saturated rings. The second-order valence-corrected chi connectivity index (χ2v) is 6.39. The van der Waals surface area contributed by atoms with Crippen LogP contribution in [0.2, 0.25) is 0 Å². The lowest BCUT2D eigenvalue weighted by molar-refractivity contribution is 0.0947. The van der Waals surface area contributed by atoms with Crippen molar-refractivity contribution in [3.8, 4) is 5.69 Å². The molecule has 1 aliphatic rings. The molecule has 1 heterocycles. The first kappa shape index (κ1) is 15.7. The van der Waals surface area contributed by atoms with Gasteiger partial charge in [0.1, 0.15) is 0 Å². The van der Waals surface area contributed by atoms with Gasteiger partial charge in [-0.2, -0.15) is 5.10 Å². The van der Waals surface area contributed by atoms with E-state index in [-0.39, 0.29) is 5.91 Å². The Morgan fingerprint density at radius 2 is 2.04 bits per heavy atom. The predicted molar refractivity (Wildman–Crippen MR) is 91.0 cm³/mol. The number of benzene rings is 1. The number of nitrogens with zero attached hydrogens (tertiary/aromatic N) is 3. The number of nitrogens with one attached hydrogen (secondary N) is 1. The molecule has 1 saturated carbocycles. The summed E-state index contributed by atoms with van der Waals surface area (Å²) in [6, 6.07) is 12.0. The van der Waals surface area contributed by atoms with Crippen LogP contribution >= 0.6 is 0 Å². The summed E-state index contributed by atoms with van der Waals surface area (Å²) in [4.78, 5) is 14.4. The fourth-order valence-electron chi connectivity index (χ4n) is 2.64. The Morgan fingerprint density at radius 1 is 1.30 bits per heavy atom. The number of hydrogen-bond donors (Lipinski definition) is 1. The fourth-order valence-corrected chi connectivity index (χ4v) is 2.64. The van der Waals surface area contributed by atoms with Crippen molar-refractivity contribution in [3.63, 3.8) is 0 Å². The van der Waals surface area contributed by atoms with Crippen LogP contribution < -0.4 is 5.32 Å². The molecule has 1 amide bonds. The van der Waals surface area contributed by atoms with E-state index in [0.29, 0.717) is 18.2 Å². The Morgan fingerprint density at radius 3 is 2.70 bits per heavy atom. The molecule has 1 N–H and O–H groups in total. The van der Waals surface area contributed by atoms with E-state index in [1.165, 1.54) is 12.8 Å². The molecule has 0 aliphatic heterocycles. The topological polar surface area (TPSA) is 50.2 Å². The SMILES string of the molecule is CN(C)CCCNC(=O)c1cc(C2CC2)n(-c2ccccc2)n1. The molecule has 0 radical (unpaired) electrons. The molecule has 5 nitrogen and oxygen atoms in total. The van der Waals surface area contributed by atoms with Crippen molar-refractivity contribution in [2.75, 3.05) is 27.2 Å². The van der Waals surface area contributed by atoms with Gasteiger partial charge in [-0.1, -0.05) is 18.2 Å². The zero-order valence-electron chi connectivity index (χ0n) is 13.8. The number of para-hydroxylation sites is 1.